The average molecular weight is 309 g/mol. The SMILES string of the molecule is COc1ccc2c(c1)N1C(=S)N(C(N)=O)CC1C(C)S2. The number of fused-ring (bicyclic) bond motifs is 3. The first-order chi connectivity index (χ1) is 9.52. The Balaban J connectivity index is 2.07. The molecule has 5 nitrogen and oxygen atoms in total. The van der Waals surface area contributed by atoms with Crippen molar-refractivity contribution in [3.05, 3.63) is 18.2 Å². The fraction of sp³-hybridized carbons (Fsp3) is 0.385. The van der Waals surface area contributed by atoms with Crippen LogP contribution in [0.15, 0.2) is 23.1 Å². The van der Waals surface area contributed by atoms with E-state index in [2.05, 4.69) is 6.92 Å². The number of carbonyl (C=O) groups is 1. The molecule has 1 fully saturated rings. The number of urea groups is 1. The molecule has 3 rings (SSSR count). The van der Waals surface area contributed by atoms with E-state index >= 15 is 0 Å². The quantitative estimate of drug-likeness (QED) is 0.805. The van der Waals surface area contributed by atoms with Crippen molar-refractivity contribution in [2.75, 3.05) is 18.6 Å². The molecule has 106 valence electrons. The number of thioether (sulfide) groups is 1. The van der Waals surface area contributed by atoms with Crippen LogP contribution in [0, 0.1) is 0 Å². The Morgan fingerprint density at radius 2 is 2.30 bits per heavy atom. The lowest BCUT2D eigenvalue weighted by atomic mass is 10.1. The monoisotopic (exact) mass is 309 g/mol. The number of nitrogens with zero attached hydrogens (tertiary/aromatic N) is 2. The minimum absolute atomic E-state index is 0.152. The Labute approximate surface area is 127 Å². The van der Waals surface area contributed by atoms with Gasteiger partial charge in [-0.25, -0.2) is 4.79 Å². The predicted octanol–water partition coefficient (Wildman–Crippen LogP) is 2.04. The van der Waals surface area contributed by atoms with Crippen LogP contribution in [0.2, 0.25) is 0 Å². The Morgan fingerprint density at radius 3 is 2.95 bits per heavy atom. The molecule has 2 N–H and O–H groups in total. The zero-order valence-corrected chi connectivity index (χ0v) is 12.8. The lowest BCUT2D eigenvalue weighted by molar-refractivity contribution is 0.232. The average Bonchev–Trinajstić information content (AvgIpc) is 2.78. The summed E-state index contributed by atoms with van der Waals surface area (Å²) < 4.78 is 5.28. The Morgan fingerprint density at radius 1 is 1.55 bits per heavy atom. The van der Waals surface area contributed by atoms with Gasteiger partial charge in [0.25, 0.3) is 0 Å². The summed E-state index contributed by atoms with van der Waals surface area (Å²) in [5.74, 6) is 0.776. The maximum Gasteiger partial charge on any atom is 0.321 e. The van der Waals surface area contributed by atoms with E-state index in [9.17, 15) is 4.79 Å². The second-order valence-electron chi connectivity index (χ2n) is 4.83. The van der Waals surface area contributed by atoms with E-state index in [4.69, 9.17) is 22.7 Å². The number of ether oxygens (including phenoxy) is 1. The number of methoxy groups -OCH3 is 1. The van der Waals surface area contributed by atoms with E-state index in [0.29, 0.717) is 16.9 Å². The van der Waals surface area contributed by atoms with E-state index in [-0.39, 0.29) is 6.04 Å². The first-order valence-corrected chi connectivity index (χ1v) is 7.56. The van der Waals surface area contributed by atoms with Crippen LogP contribution in [0.5, 0.6) is 5.75 Å². The van der Waals surface area contributed by atoms with Gasteiger partial charge < -0.3 is 15.4 Å². The number of amides is 2. The number of rotatable bonds is 1. The van der Waals surface area contributed by atoms with Gasteiger partial charge in [-0.1, -0.05) is 6.92 Å². The molecule has 2 aliphatic rings. The van der Waals surface area contributed by atoms with Crippen molar-refractivity contribution >= 4 is 40.8 Å². The van der Waals surface area contributed by atoms with E-state index < -0.39 is 6.03 Å². The fourth-order valence-corrected chi connectivity index (χ4v) is 4.22. The highest BCUT2D eigenvalue weighted by Gasteiger charge is 2.44. The Hall–Kier alpha value is -1.47. The molecule has 0 radical (unpaired) electrons. The maximum atomic E-state index is 11.5. The molecule has 2 atom stereocenters. The minimum Gasteiger partial charge on any atom is -0.497 e. The molecule has 1 aromatic rings. The molecule has 0 aliphatic carbocycles. The lowest BCUT2D eigenvalue weighted by Gasteiger charge is -2.35. The third-order valence-corrected chi connectivity index (χ3v) is 5.39. The summed E-state index contributed by atoms with van der Waals surface area (Å²) >= 11 is 7.21. The standard InChI is InChI=1S/C13H15N3O2S2/c1-7-10-6-15(12(14)17)13(19)16(10)9-5-8(18-2)3-4-11(9)20-7/h3-5,7,10H,6H2,1-2H3,(H2,14,17). The summed E-state index contributed by atoms with van der Waals surface area (Å²) in [7, 11) is 1.63. The molecular weight excluding hydrogens is 294 g/mol. The fourth-order valence-electron chi connectivity index (χ4n) is 2.63. The lowest BCUT2D eigenvalue weighted by Crippen LogP contribution is -2.43. The second kappa shape index (κ2) is 4.82. The van der Waals surface area contributed by atoms with E-state index in [1.54, 1.807) is 18.9 Å². The zero-order chi connectivity index (χ0) is 14.4. The van der Waals surface area contributed by atoms with Gasteiger partial charge in [0.05, 0.1) is 25.4 Å². The third-order valence-electron chi connectivity index (χ3n) is 3.68. The second-order valence-corrected chi connectivity index (χ2v) is 6.61. The number of carbonyl (C=O) groups excluding carboxylic acids is 1. The number of primary amides is 1. The van der Waals surface area contributed by atoms with Gasteiger partial charge >= 0.3 is 6.03 Å². The molecule has 20 heavy (non-hydrogen) atoms. The van der Waals surface area contributed by atoms with Gasteiger partial charge in [-0.2, -0.15) is 0 Å². The van der Waals surface area contributed by atoms with E-state index in [1.807, 2.05) is 23.1 Å². The molecule has 2 unspecified atom stereocenters. The number of hydrogen-bond acceptors (Lipinski definition) is 4. The molecule has 2 amide bonds. The van der Waals surface area contributed by atoms with Gasteiger partial charge in [-0.15, -0.1) is 11.8 Å². The van der Waals surface area contributed by atoms with Crippen LogP contribution in [0.4, 0.5) is 10.5 Å². The van der Waals surface area contributed by atoms with Crippen LogP contribution in [0.25, 0.3) is 0 Å². The van der Waals surface area contributed by atoms with Crippen LogP contribution in [0.3, 0.4) is 0 Å². The maximum absolute atomic E-state index is 11.5. The van der Waals surface area contributed by atoms with Crippen molar-refractivity contribution < 1.29 is 9.53 Å². The molecule has 0 bridgehead atoms. The summed E-state index contributed by atoms with van der Waals surface area (Å²) in [6.07, 6.45) is 0. The Kier molecular flexibility index (Phi) is 3.25. The number of benzene rings is 1. The minimum atomic E-state index is -0.494. The molecule has 0 aromatic heterocycles. The van der Waals surface area contributed by atoms with Crippen molar-refractivity contribution in [1.29, 1.82) is 0 Å². The normalized spacial score (nSPS) is 24.4. The first kappa shape index (κ1) is 13.5. The van der Waals surface area contributed by atoms with Crippen molar-refractivity contribution in [1.82, 2.24) is 4.90 Å². The topological polar surface area (TPSA) is 58.8 Å². The highest BCUT2D eigenvalue weighted by atomic mass is 32.2. The summed E-state index contributed by atoms with van der Waals surface area (Å²) in [6.45, 7) is 2.68. The van der Waals surface area contributed by atoms with Gasteiger partial charge in [0, 0.05) is 16.2 Å². The molecular formula is C13H15N3O2S2. The largest absolute Gasteiger partial charge is 0.497 e. The molecule has 7 heteroatoms. The van der Waals surface area contributed by atoms with Crippen LogP contribution >= 0.6 is 24.0 Å². The van der Waals surface area contributed by atoms with Crippen LogP contribution in [-0.2, 0) is 0 Å². The molecule has 2 heterocycles. The predicted molar refractivity (Wildman–Crippen MR) is 83.5 cm³/mol. The number of anilines is 1. The van der Waals surface area contributed by atoms with E-state index in [0.717, 1.165) is 16.3 Å². The van der Waals surface area contributed by atoms with Gasteiger partial charge in [-0.05, 0) is 24.4 Å². The summed E-state index contributed by atoms with van der Waals surface area (Å²) in [5, 5.41) is 0.808. The molecule has 2 aliphatic heterocycles. The van der Waals surface area contributed by atoms with Crippen LogP contribution in [0.1, 0.15) is 6.92 Å². The van der Waals surface area contributed by atoms with Gasteiger partial charge in [0.1, 0.15) is 5.75 Å². The highest BCUT2D eigenvalue weighted by molar-refractivity contribution is 8.00. The highest BCUT2D eigenvalue weighted by Crippen LogP contribution is 2.45. The third kappa shape index (κ3) is 1.92. The molecule has 0 saturated carbocycles. The number of hydrogen-bond donors (Lipinski definition) is 1. The van der Waals surface area contributed by atoms with Crippen molar-refractivity contribution in [2.45, 2.75) is 23.1 Å². The van der Waals surface area contributed by atoms with Crippen molar-refractivity contribution in [3.8, 4) is 5.75 Å². The number of thiocarbonyl (C=S) groups is 1. The Bertz CT molecular complexity index is 593. The smallest absolute Gasteiger partial charge is 0.321 e. The first-order valence-electron chi connectivity index (χ1n) is 6.27. The van der Waals surface area contributed by atoms with Gasteiger partial charge in [-0.3, -0.25) is 4.90 Å². The van der Waals surface area contributed by atoms with Crippen molar-refractivity contribution in [3.63, 3.8) is 0 Å². The molecule has 1 saturated heterocycles. The van der Waals surface area contributed by atoms with E-state index in [1.165, 1.54) is 4.90 Å². The van der Waals surface area contributed by atoms with Crippen LogP contribution < -0.4 is 15.4 Å². The van der Waals surface area contributed by atoms with Gasteiger partial charge in [0.15, 0.2) is 5.11 Å². The zero-order valence-electron chi connectivity index (χ0n) is 11.2. The summed E-state index contributed by atoms with van der Waals surface area (Å²) in [6, 6.07) is 5.58. The van der Waals surface area contributed by atoms with Gasteiger partial charge in [0.2, 0.25) is 0 Å². The summed E-state index contributed by atoms with van der Waals surface area (Å²) in [4.78, 5) is 16.1. The molecule has 0 spiro atoms. The number of nitrogens with two attached hydrogens (primary N) is 1. The van der Waals surface area contributed by atoms with Crippen LogP contribution in [-0.4, -0.2) is 41.0 Å². The van der Waals surface area contributed by atoms with Crippen molar-refractivity contribution in [2.24, 2.45) is 5.73 Å². The summed E-state index contributed by atoms with van der Waals surface area (Å²) in [5.41, 5.74) is 6.40. The molecule has 1 aromatic carbocycles.